The second kappa shape index (κ2) is 7.77. The van der Waals surface area contributed by atoms with E-state index in [0.29, 0.717) is 6.42 Å². The molecule has 0 aromatic heterocycles. The van der Waals surface area contributed by atoms with Crippen LogP contribution < -0.4 is 5.32 Å². The maximum absolute atomic E-state index is 11.2. The lowest BCUT2D eigenvalue weighted by molar-refractivity contribution is -0.124. The van der Waals surface area contributed by atoms with Crippen molar-refractivity contribution in [2.75, 3.05) is 0 Å². The third kappa shape index (κ3) is 6.31. The summed E-state index contributed by atoms with van der Waals surface area (Å²) in [6, 6.07) is -0.283. The van der Waals surface area contributed by atoms with E-state index in [2.05, 4.69) is 5.32 Å². The number of nitrogens with one attached hydrogen (secondary N) is 1. The Morgan fingerprint density at radius 3 is 2.54 bits per heavy atom. The fraction of sp³-hybridized carbons (Fsp3) is 0.800. The molecule has 0 saturated heterocycles. The van der Waals surface area contributed by atoms with E-state index in [1.165, 1.54) is 0 Å². The van der Waals surface area contributed by atoms with Gasteiger partial charge in [-0.2, -0.15) is 0 Å². The molecule has 1 atom stereocenters. The first kappa shape index (κ1) is 12.1. The minimum absolute atomic E-state index is 0.00704. The Hall–Kier alpha value is -0.860. The van der Waals surface area contributed by atoms with Gasteiger partial charge in [-0.05, 0) is 12.8 Å². The second-order valence-electron chi connectivity index (χ2n) is 3.20. The van der Waals surface area contributed by atoms with Crippen LogP contribution in [-0.2, 0) is 9.59 Å². The number of unbranched alkanes of at least 4 members (excludes halogenated alkanes) is 1. The van der Waals surface area contributed by atoms with Gasteiger partial charge in [0.15, 0.2) is 0 Å². The van der Waals surface area contributed by atoms with Crippen LogP contribution in [0.25, 0.3) is 0 Å². The second-order valence-corrected chi connectivity index (χ2v) is 3.20. The molecule has 0 aliphatic rings. The third-order valence-corrected chi connectivity index (χ3v) is 1.87. The summed E-state index contributed by atoms with van der Waals surface area (Å²) in [5.74, 6) is -0.00704. The Morgan fingerprint density at radius 1 is 1.38 bits per heavy atom. The van der Waals surface area contributed by atoms with Gasteiger partial charge in [0.2, 0.25) is 5.91 Å². The van der Waals surface area contributed by atoms with E-state index < -0.39 is 0 Å². The summed E-state index contributed by atoms with van der Waals surface area (Å²) in [5.41, 5.74) is 0. The summed E-state index contributed by atoms with van der Waals surface area (Å²) in [4.78, 5) is 21.7. The lowest BCUT2D eigenvalue weighted by atomic mass is 10.1. The van der Waals surface area contributed by atoms with Crippen LogP contribution in [0.5, 0.6) is 0 Å². The number of amides is 1. The van der Waals surface area contributed by atoms with Crippen LogP contribution in [0.2, 0.25) is 0 Å². The number of rotatable bonds is 7. The van der Waals surface area contributed by atoms with E-state index in [0.717, 1.165) is 32.0 Å². The van der Waals surface area contributed by atoms with Crippen molar-refractivity contribution >= 4 is 12.2 Å². The molecule has 0 aliphatic carbocycles. The largest absolute Gasteiger partial charge is 0.347 e. The van der Waals surface area contributed by atoms with Gasteiger partial charge < -0.3 is 10.1 Å². The predicted octanol–water partition coefficient (Wildman–Crippen LogP) is 1.66. The monoisotopic (exact) mass is 185 g/mol. The molecule has 0 aromatic rings. The first-order chi connectivity index (χ1) is 6.24. The van der Waals surface area contributed by atoms with E-state index >= 15 is 0 Å². The topological polar surface area (TPSA) is 46.2 Å². The van der Waals surface area contributed by atoms with Crippen molar-refractivity contribution in [3.8, 4) is 0 Å². The van der Waals surface area contributed by atoms with Crippen molar-refractivity contribution in [2.24, 2.45) is 0 Å². The molecule has 1 N–H and O–H groups in total. The van der Waals surface area contributed by atoms with Gasteiger partial charge >= 0.3 is 0 Å². The summed E-state index contributed by atoms with van der Waals surface area (Å²) >= 11 is 0. The van der Waals surface area contributed by atoms with E-state index in [-0.39, 0.29) is 11.9 Å². The van der Waals surface area contributed by atoms with Crippen LogP contribution in [0.3, 0.4) is 0 Å². The zero-order valence-corrected chi connectivity index (χ0v) is 8.51. The third-order valence-electron chi connectivity index (χ3n) is 1.87. The van der Waals surface area contributed by atoms with Crippen LogP contribution >= 0.6 is 0 Å². The van der Waals surface area contributed by atoms with Crippen LogP contribution in [0.1, 0.15) is 46.0 Å². The van der Waals surface area contributed by atoms with Crippen molar-refractivity contribution in [1.29, 1.82) is 0 Å². The van der Waals surface area contributed by atoms with Crippen LogP contribution in [-0.4, -0.2) is 18.2 Å². The number of carbonyl (C=O) groups excluding carboxylic acids is 2. The molecule has 3 nitrogen and oxygen atoms in total. The van der Waals surface area contributed by atoms with Crippen molar-refractivity contribution in [3.63, 3.8) is 0 Å². The Morgan fingerprint density at radius 2 is 2.08 bits per heavy atom. The minimum atomic E-state index is -0.283. The van der Waals surface area contributed by atoms with Crippen molar-refractivity contribution in [1.82, 2.24) is 5.32 Å². The van der Waals surface area contributed by atoms with Gasteiger partial charge in [-0.1, -0.05) is 26.7 Å². The molecule has 3 heteroatoms. The molecule has 1 amide bonds. The highest BCUT2D eigenvalue weighted by molar-refractivity contribution is 5.79. The summed E-state index contributed by atoms with van der Waals surface area (Å²) in [7, 11) is 0. The molecule has 0 bridgehead atoms. The van der Waals surface area contributed by atoms with Crippen LogP contribution in [0, 0.1) is 0 Å². The van der Waals surface area contributed by atoms with E-state index in [1.54, 1.807) is 0 Å². The smallest absolute Gasteiger partial charge is 0.220 e. The molecule has 76 valence electrons. The fourth-order valence-electron chi connectivity index (χ4n) is 1.10. The summed E-state index contributed by atoms with van der Waals surface area (Å²) < 4.78 is 0. The maximum Gasteiger partial charge on any atom is 0.220 e. The van der Waals surface area contributed by atoms with E-state index in [1.807, 2.05) is 13.8 Å². The van der Waals surface area contributed by atoms with Crippen molar-refractivity contribution in [2.45, 2.75) is 52.0 Å². The Kier molecular flexibility index (Phi) is 7.26. The summed E-state index contributed by atoms with van der Waals surface area (Å²) in [6.45, 7) is 4.03. The molecule has 1 unspecified atom stereocenters. The first-order valence-corrected chi connectivity index (χ1v) is 4.99. The van der Waals surface area contributed by atoms with Gasteiger partial charge in [0.1, 0.15) is 6.29 Å². The van der Waals surface area contributed by atoms with Gasteiger partial charge in [-0.25, -0.2) is 0 Å². The molecule has 0 radical (unpaired) electrons. The zero-order valence-electron chi connectivity index (χ0n) is 8.51. The molecule has 0 fully saturated rings. The molecule has 0 heterocycles. The minimum Gasteiger partial charge on any atom is -0.347 e. The van der Waals surface area contributed by atoms with Crippen molar-refractivity contribution < 1.29 is 9.59 Å². The maximum atomic E-state index is 11.2. The van der Waals surface area contributed by atoms with Gasteiger partial charge in [-0.3, -0.25) is 4.79 Å². The molecule has 0 spiro atoms. The standard InChI is InChI=1S/C10H19NO2/c1-3-5-7-10(13)11-9(8-12)6-4-2/h8-9H,3-7H2,1-2H3,(H,11,13). The lowest BCUT2D eigenvalue weighted by Crippen LogP contribution is -2.35. The highest BCUT2D eigenvalue weighted by Gasteiger charge is 2.08. The number of hydrogen-bond acceptors (Lipinski definition) is 2. The fourth-order valence-corrected chi connectivity index (χ4v) is 1.10. The highest BCUT2D eigenvalue weighted by Crippen LogP contribution is 1.97. The van der Waals surface area contributed by atoms with Gasteiger partial charge in [0.25, 0.3) is 0 Å². The average Bonchev–Trinajstić information content (AvgIpc) is 2.14. The normalized spacial score (nSPS) is 12.2. The zero-order chi connectivity index (χ0) is 10.1. The summed E-state index contributed by atoms with van der Waals surface area (Å²) in [5, 5.41) is 2.70. The highest BCUT2D eigenvalue weighted by atomic mass is 16.2. The summed E-state index contributed by atoms with van der Waals surface area (Å²) in [6.07, 6.45) is 4.90. The average molecular weight is 185 g/mol. The number of hydrogen-bond donors (Lipinski definition) is 1. The quantitative estimate of drug-likeness (QED) is 0.613. The Labute approximate surface area is 79.9 Å². The Bertz CT molecular complexity index is 157. The Balaban J connectivity index is 3.66. The molecule has 0 aliphatic heterocycles. The lowest BCUT2D eigenvalue weighted by Gasteiger charge is -2.10. The number of carbonyl (C=O) groups is 2. The predicted molar refractivity (Wildman–Crippen MR) is 52.4 cm³/mol. The first-order valence-electron chi connectivity index (χ1n) is 4.99. The molecular weight excluding hydrogens is 166 g/mol. The van der Waals surface area contributed by atoms with E-state index in [4.69, 9.17) is 0 Å². The van der Waals surface area contributed by atoms with Crippen LogP contribution in [0.4, 0.5) is 0 Å². The molecule has 0 saturated carbocycles. The van der Waals surface area contributed by atoms with Crippen molar-refractivity contribution in [3.05, 3.63) is 0 Å². The molecule has 0 rings (SSSR count). The van der Waals surface area contributed by atoms with Gasteiger partial charge in [0.05, 0.1) is 6.04 Å². The molecule has 13 heavy (non-hydrogen) atoms. The number of aldehydes is 1. The molecular formula is C10H19NO2. The van der Waals surface area contributed by atoms with Crippen LogP contribution in [0.15, 0.2) is 0 Å². The SMILES string of the molecule is CCCCC(=O)NC(C=O)CCC. The van der Waals surface area contributed by atoms with Gasteiger partial charge in [0, 0.05) is 6.42 Å². The molecule has 0 aromatic carbocycles. The van der Waals surface area contributed by atoms with Gasteiger partial charge in [-0.15, -0.1) is 0 Å². The van der Waals surface area contributed by atoms with E-state index in [9.17, 15) is 9.59 Å².